The summed E-state index contributed by atoms with van der Waals surface area (Å²) in [6.45, 7) is 4.21. The minimum atomic E-state index is -4.80. The molecular formula is C36H42CaO10S2. The first kappa shape index (κ1) is 42.3. The van der Waals surface area contributed by atoms with E-state index in [1.807, 2.05) is 6.07 Å². The number of rotatable bonds is 16. The van der Waals surface area contributed by atoms with Crippen LogP contribution in [-0.2, 0) is 33.1 Å². The number of phenols is 1. The summed E-state index contributed by atoms with van der Waals surface area (Å²) in [7, 11) is -9.30. The van der Waals surface area contributed by atoms with Crippen molar-refractivity contribution in [2.75, 3.05) is 0 Å². The first-order chi connectivity index (χ1) is 22.8. The Hall–Kier alpha value is -2.84. The van der Waals surface area contributed by atoms with Gasteiger partial charge < -0.3 is 24.2 Å². The molecule has 2 N–H and O–H groups in total. The van der Waals surface area contributed by atoms with Crippen molar-refractivity contribution in [3.05, 3.63) is 96.1 Å². The second-order valence-corrected chi connectivity index (χ2v) is 14.0. The third-order valence-corrected chi connectivity index (χ3v) is 9.09. The Morgan fingerprint density at radius 1 is 0.633 bits per heavy atom. The smallest absolute Gasteiger partial charge is 0.872 e. The maximum Gasteiger partial charge on any atom is 2.00 e. The number of hydrogen-bond donors (Lipinski definition) is 2. The van der Waals surface area contributed by atoms with Crippen LogP contribution in [0.2, 0.25) is 0 Å². The molecule has 0 spiro atoms. The Morgan fingerprint density at radius 2 is 1.08 bits per heavy atom. The van der Waals surface area contributed by atoms with Gasteiger partial charge in [0.25, 0.3) is 10.1 Å². The second-order valence-electron chi connectivity index (χ2n) is 11.2. The fourth-order valence-corrected chi connectivity index (χ4v) is 6.06. The quantitative estimate of drug-likeness (QED) is 0.0657. The van der Waals surface area contributed by atoms with Crippen LogP contribution in [0.15, 0.2) is 94.7 Å². The van der Waals surface area contributed by atoms with Crippen LogP contribution in [-0.4, -0.2) is 68.8 Å². The summed E-state index contributed by atoms with van der Waals surface area (Å²) in [6.07, 6.45) is 9.26. The normalized spacial score (nSPS) is 11.2. The summed E-state index contributed by atoms with van der Waals surface area (Å²) < 4.78 is 78.0. The Bertz CT molecular complexity index is 1680. The monoisotopic (exact) mass is 738 g/mol. The molecule has 0 aliphatic heterocycles. The summed E-state index contributed by atoms with van der Waals surface area (Å²) in [4.78, 5) is -1.06. The van der Waals surface area contributed by atoms with E-state index in [1.165, 1.54) is 12.1 Å². The van der Waals surface area contributed by atoms with Crippen LogP contribution in [0, 0.1) is 0 Å². The van der Waals surface area contributed by atoms with Gasteiger partial charge in [-0.2, -0.15) is 8.42 Å². The van der Waals surface area contributed by atoms with E-state index < -0.39 is 35.8 Å². The van der Waals surface area contributed by atoms with Crippen molar-refractivity contribution in [2.45, 2.75) is 87.8 Å². The Kier molecular flexibility index (Phi) is 17.9. The van der Waals surface area contributed by atoms with Crippen LogP contribution in [0.1, 0.15) is 76.3 Å². The molecule has 4 rings (SSSR count). The molecule has 4 aromatic carbocycles. The molecule has 0 saturated heterocycles. The summed E-state index contributed by atoms with van der Waals surface area (Å²) in [6, 6.07) is 22.0. The zero-order valence-corrected chi connectivity index (χ0v) is 31.7. The molecule has 0 heterocycles. The van der Waals surface area contributed by atoms with Gasteiger partial charge in [-0.25, -0.2) is 8.42 Å². The predicted octanol–water partition coefficient (Wildman–Crippen LogP) is 7.75. The van der Waals surface area contributed by atoms with Gasteiger partial charge in [-0.3, -0.25) is 4.55 Å². The van der Waals surface area contributed by atoms with Crippen molar-refractivity contribution in [2.24, 2.45) is 0 Å². The summed E-state index contributed by atoms with van der Waals surface area (Å²) in [5, 5.41) is 22.2. The first-order valence-corrected chi connectivity index (χ1v) is 18.8. The molecule has 0 saturated carbocycles. The average molecular weight is 739 g/mol. The van der Waals surface area contributed by atoms with Crippen LogP contribution >= 0.6 is 0 Å². The average Bonchev–Trinajstić information content (AvgIpc) is 3.04. The van der Waals surface area contributed by atoms with E-state index in [0.29, 0.717) is 35.5 Å². The number of ether oxygens (including phenoxy) is 2. The summed E-state index contributed by atoms with van der Waals surface area (Å²) >= 11 is 0. The molecule has 13 heteroatoms. The van der Waals surface area contributed by atoms with Gasteiger partial charge in [0.05, 0.1) is 4.90 Å². The molecule has 0 amide bonds. The molecule has 0 radical (unpaired) electrons. The molecule has 260 valence electrons. The fourth-order valence-electron chi connectivity index (χ4n) is 4.84. The van der Waals surface area contributed by atoms with Gasteiger partial charge in [0.2, 0.25) is 0 Å². The first-order valence-electron chi connectivity index (χ1n) is 15.9. The Labute approximate surface area is 319 Å². The van der Waals surface area contributed by atoms with Crippen molar-refractivity contribution in [1.82, 2.24) is 0 Å². The van der Waals surface area contributed by atoms with Crippen molar-refractivity contribution in [3.63, 3.8) is 0 Å². The molecular weight excluding hydrogens is 697 g/mol. The van der Waals surface area contributed by atoms with Crippen LogP contribution < -0.4 is 14.6 Å². The van der Waals surface area contributed by atoms with Gasteiger partial charge in [-0.05, 0) is 73.7 Å². The maximum atomic E-state index is 12.1. The van der Waals surface area contributed by atoms with Gasteiger partial charge in [0.15, 0.2) is 0 Å². The third kappa shape index (κ3) is 14.1. The van der Waals surface area contributed by atoms with Gasteiger partial charge in [-0.15, -0.1) is 5.75 Å². The summed E-state index contributed by atoms with van der Waals surface area (Å²) in [5.74, 6) is 0.164. The van der Waals surface area contributed by atoms with Gasteiger partial charge in [0, 0.05) is 6.07 Å². The number of para-hydroxylation sites is 2. The largest absolute Gasteiger partial charge is 2.00 e. The molecule has 0 unspecified atom stereocenters. The molecule has 10 nitrogen and oxygen atoms in total. The number of hydrogen-bond acceptors (Lipinski definition) is 9. The second kappa shape index (κ2) is 20.7. The summed E-state index contributed by atoms with van der Waals surface area (Å²) in [5.41, 5.74) is 1.06. The Balaban J connectivity index is 0.000000333. The van der Waals surface area contributed by atoms with E-state index >= 15 is 0 Å². The zero-order chi connectivity index (χ0) is 35.2. The van der Waals surface area contributed by atoms with Crippen LogP contribution in [0.4, 0.5) is 0 Å². The zero-order valence-electron chi connectivity index (χ0n) is 27.8. The van der Waals surface area contributed by atoms with Gasteiger partial charge in [-0.1, -0.05) is 94.3 Å². The van der Waals surface area contributed by atoms with E-state index in [-0.39, 0.29) is 55.0 Å². The molecule has 0 aliphatic carbocycles. The van der Waals surface area contributed by atoms with Crippen molar-refractivity contribution < 1.29 is 45.6 Å². The number of aryl methyl sites for hydroxylation is 2. The number of phenolic OH excluding ortho intramolecular Hbond substituents is 1. The van der Waals surface area contributed by atoms with Crippen molar-refractivity contribution in [3.8, 4) is 34.5 Å². The van der Waals surface area contributed by atoms with Crippen molar-refractivity contribution >= 4 is 58.0 Å². The van der Waals surface area contributed by atoms with Crippen molar-refractivity contribution in [1.29, 1.82) is 0 Å². The minimum absolute atomic E-state index is 0. The van der Waals surface area contributed by atoms with E-state index in [4.69, 9.17) is 9.47 Å². The van der Waals surface area contributed by atoms with Gasteiger partial charge >= 0.3 is 37.7 Å². The van der Waals surface area contributed by atoms with E-state index in [2.05, 4.69) is 13.8 Å². The van der Waals surface area contributed by atoms with Gasteiger partial charge in [0.1, 0.15) is 43.8 Å². The molecule has 0 aromatic heterocycles. The SMILES string of the molecule is CCCCCCc1cc(Oc2ccccc2)c(S(=O)(=O)O)cc1O.CCCCCCc1cc(Oc2ccccc2)c(S(=O)(=O)[O-])cc1[O-].[Ca+2]. The van der Waals surface area contributed by atoms with Crippen LogP contribution in [0.25, 0.3) is 0 Å². The Morgan fingerprint density at radius 3 is 1.53 bits per heavy atom. The third-order valence-electron chi connectivity index (χ3n) is 7.36. The van der Waals surface area contributed by atoms with Crippen LogP contribution in [0.5, 0.6) is 34.5 Å². The fraction of sp³-hybridized carbons (Fsp3) is 0.333. The topological polar surface area (TPSA) is 173 Å². The van der Waals surface area contributed by atoms with E-state index in [1.54, 1.807) is 54.6 Å². The molecule has 0 fully saturated rings. The number of aromatic hydroxyl groups is 1. The minimum Gasteiger partial charge on any atom is -0.872 e. The molecule has 0 bridgehead atoms. The predicted molar refractivity (Wildman–Crippen MR) is 186 cm³/mol. The van der Waals surface area contributed by atoms with E-state index in [0.717, 1.165) is 63.5 Å². The number of benzene rings is 4. The standard InChI is InChI=1S/2C18H22O5S.Ca/c2*1-2-3-4-6-9-14-12-17(23-15-10-7-5-8-11-15)18(13-16(14)19)24(20,21)22;/h2*5,7-8,10-13,19H,2-4,6,9H2,1H3,(H,20,21,22);/q;;+2/p-2. The maximum absolute atomic E-state index is 12.1. The van der Waals surface area contributed by atoms with Crippen LogP contribution in [0.3, 0.4) is 0 Å². The molecule has 49 heavy (non-hydrogen) atoms. The molecule has 0 atom stereocenters. The molecule has 4 aromatic rings. The van der Waals surface area contributed by atoms with E-state index in [9.17, 15) is 36.2 Å². The molecule has 0 aliphatic rings. The number of unbranched alkanes of at least 4 members (excludes halogenated alkanes) is 6.